The molecule has 0 amide bonds. The first kappa shape index (κ1) is 16.2. The van der Waals surface area contributed by atoms with E-state index in [0.717, 1.165) is 17.7 Å². The molecule has 22 heavy (non-hydrogen) atoms. The van der Waals surface area contributed by atoms with Crippen LogP contribution in [0.1, 0.15) is 5.56 Å². The third-order valence-electron chi connectivity index (χ3n) is 2.83. The van der Waals surface area contributed by atoms with Gasteiger partial charge in [-0.1, -0.05) is 24.8 Å². The molecule has 8 heteroatoms. The Morgan fingerprint density at radius 1 is 0.864 bits per heavy atom. The molecule has 0 spiro atoms. The smallest absolute Gasteiger partial charge is 0.282 e. The van der Waals surface area contributed by atoms with Gasteiger partial charge in [0.15, 0.2) is 0 Å². The highest BCUT2D eigenvalue weighted by Crippen LogP contribution is 2.19. The summed E-state index contributed by atoms with van der Waals surface area (Å²) in [5.41, 5.74) is 0.969. The fourth-order valence-electron chi connectivity index (χ4n) is 1.69. The van der Waals surface area contributed by atoms with Crippen molar-refractivity contribution in [3.63, 3.8) is 0 Å². The summed E-state index contributed by atoms with van der Waals surface area (Å²) < 4.78 is 57.4. The first-order chi connectivity index (χ1) is 10.2. The fourth-order valence-corrected chi connectivity index (χ4v) is 3.23. The minimum absolute atomic E-state index is 0.0666. The maximum absolute atomic E-state index is 12.2. The minimum Gasteiger partial charge on any atom is -0.282 e. The molecule has 0 unspecified atom stereocenters. The first-order valence-electron chi connectivity index (χ1n) is 6.05. The van der Waals surface area contributed by atoms with Gasteiger partial charge in [0.1, 0.15) is 0 Å². The summed E-state index contributed by atoms with van der Waals surface area (Å²) >= 11 is 0. The zero-order valence-electron chi connectivity index (χ0n) is 11.3. The van der Waals surface area contributed by atoms with Crippen molar-refractivity contribution in [1.29, 1.82) is 0 Å². The van der Waals surface area contributed by atoms with Gasteiger partial charge in [-0.25, -0.2) is 8.42 Å². The SMILES string of the molecule is C=Cc1ccc(S(=O)(=O)Nc2ccc(S(=O)(=O)O)cc2)cc1. The number of hydrogen-bond donors (Lipinski definition) is 2. The van der Waals surface area contributed by atoms with Crippen LogP contribution < -0.4 is 4.72 Å². The molecule has 0 aliphatic carbocycles. The summed E-state index contributed by atoms with van der Waals surface area (Å²) in [4.78, 5) is -0.247. The summed E-state index contributed by atoms with van der Waals surface area (Å²) in [6, 6.07) is 10.8. The Hall–Kier alpha value is -2.16. The van der Waals surface area contributed by atoms with E-state index < -0.39 is 20.1 Å². The number of benzene rings is 2. The molecule has 2 rings (SSSR count). The van der Waals surface area contributed by atoms with Gasteiger partial charge in [0.05, 0.1) is 9.79 Å². The first-order valence-corrected chi connectivity index (χ1v) is 8.97. The third-order valence-corrected chi connectivity index (χ3v) is 5.10. The standard InChI is InChI=1S/C14H13NO5S2/c1-2-11-3-7-13(8-4-11)21(16,17)15-12-5-9-14(10-6-12)22(18,19)20/h2-10,15H,1H2,(H,18,19,20). The molecule has 2 N–H and O–H groups in total. The van der Waals surface area contributed by atoms with Crippen molar-refractivity contribution in [2.45, 2.75) is 9.79 Å². The lowest BCUT2D eigenvalue weighted by molar-refractivity contribution is 0.483. The van der Waals surface area contributed by atoms with Gasteiger partial charge < -0.3 is 0 Å². The number of anilines is 1. The molecule has 0 saturated carbocycles. The molecule has 0 atom stereocenters. The Morgan fingerprint density at radius 3 is 1.82 bits per heavy atom. The Morgan fingerprint density at radius 2 is 1.36 bits per heavy atom. The van der Waals surface area contributed by atoms with Crippen LogP contribution in [0.3, 0.4) is 0 Å². The van der Waals surface area contributed by atoms with Crippen LogP contribution in [0.5, 0.6) is 0 Å². The lowest BCUT2D eigenvalue weighted by Crippen LogP contribution is -2.13. The van der Waals surface area contributed by atoms with Crippen LogP contribution >= 0.6 is 0 Å². The van der Waals surface area contributed by atoms with E-state index in [-0.39, 0.29) is 15.5 Å². The van der Waals surface area contributed by atoms with E-state index in [9.17, 15) is 16.8 Å². The van der Waals surface area contributed by atoms with E-state index in [1.54, 1.807) is 18.2 Å². The van der Waals surface area contributed by atoms with E-state index in [1.807, 2.05) is 0 Å². The van der Waals surface area contributed by atoms with Crippen molar-refractivity contribution in [3.8, 4) is 0 Å². The van der Waals surface area contributed by atoms with E-state index in [0.29, 0.717) is 0 Å². The topological polar surface area (TPSA) is 101 Å². The number of sulfonamides is 1. The third kappa shape index (κ3) is 3.73. The van der Waals surface area contributed by atoms with E-state index in [2.05, 4.69) is 11.3 Å². The largest absolute Gasteiger partial charge is 0.294 e. The Labute approximate surface area is 128 Å². The molecule has 0 radical (unpaired) electrons. The second kappa shape index (κ2) is 5.91. The molecule has 0 bridgehead atoms. The summed E-state index contributed by atoms with van der Waals surface area (Å²) in [6.45, 7) is 3.58. The quantitative estimate of drug-likeness (QED) is 0.815. The number of nitrogens with one attached hydrogen (secondary N) is 1. The summed E-state index contributed by atoms with van der Waals surface area (Å²) in [5.74, 6) is 0. The Kier molecular flexibility index (Phi) is 4.36. The zero-order chi connectivity index (χ0) is 16.4. The van der Waals surface area contributed by atoms with E-state index in [1.165, 1.54) is 24.3 Å². The molecule has 2 aromatic rings. The van der Waals surface area contributed by atoms with Crippen LogP contribution in [0, 0.1) is 0 Å². The average molecular weight is 339 g/mol. The van der Waals surface area contributed by atoms with Crippen molar-refractivity contribution in [2.75, 3.05) is 4.72 Å². The molecular weight excluding hydrogens is 326 g/mol. The molecule has 116 valence electrons. The molecule has 0 aliphatic heterocycles. The summed E-state index contributed by atoms with van der Waals surface area (Å²) in [7, 11) is -8.09. The monoisotopic (exact) mass is 339 g/mol. The van der Waals surface area contributed by atoms with Crippen LogP contribution in [0.25, 0.3) is 6.08 Å². The highest BCUT2D eigenvalue weighted by molar-refractivity contribution is 7.92. The van der Waals surface area contributed by atoms with Gasteiger partial charge in [0.25, 0.3) is 20.1 Å². The minimum atomic E-state index is -4.31. The number of hydrogen-bond acceptors (Lipinski definition) is 4. The van der Waals surface area contributed by atoms with Gasteiger partial charge in [-0.05, 0) is 42.0 Å². The summed E-state index contributed by atoms with van der Waals surface area (Å²) in [5, 5.41) is 0. The van der Waals surface area contributed by atoms with Crippen LogP contribution in [-0.2, 0) is 20.1 Å². The maximum atomic E-state index is 12.2. The predicted octanol–water partition coefficient (Wildman–Crippen LogP) is 2.38. The van der Waals surface area contributed by atoms with Crippen LogP contribution in [0.4, 0.5) is 5.69 Å². The van der Waals surface area contributed by atoms with Crippen LogP contribution in [-0.4, -0.2) is 21.4 Å². The van der Waals surface area contributed by atoms with Crippen molar-refractivity contribution in [2.24, 2.45) is 0 Å². The molecule has 0 aromatic heterocycles. The average Bonchev–Trinajstić information content (AvgIpc) is 2.46. The Balaban J connectivity index is 2.26. The lowest BCUT2D eigenvalue weighted by atomic mass is 10.2. The van der Waals surface area contributed by atoms with Gasteiger partial charge in [-0.3, -0.25) is 9.27 Å². The van der Waals surface area contributed by atoms with Crippen molar-refractivity contribution in [3.05, 3.63) is 60.7 Å². The summed E-state index contributed by atoms with van der Waals surface area (Å²) in [6.07, 6.45) is 1.60. The predicted molar refractivity (Wildman–Crippen MR) is 83.6 cm³/mol. The van der Waals surface area contributed by atoms with Gasteiger partial charge in [0, 0.05) is 5.69 Å². The van der Waals surface area contributed by atoms with Crippen molar-refractivity contribution >= 4 is 31.9 Å². The molecule has 2 aromatic carbocycles. The van der Waals surface area contributed by atoms with E-state index in [4.69, 9.17) is 4.55 Å². The van der Waals surface area contributed by atoms with Crippen molar-refractivity contribution in [1.82, 2.24) is 0 Å². The molecule has 0 aliphatic rings. The molecule has 0 heterocycles. The normalized spacial score (nSPS) is 11.9. The Bertz CT molecular complexity index is 883. The zero-order valence-corrected chi connectivity index (χ0v) is 12.9. The van der Waals surface area contributed by atoms with Gasteiger partial charge in [0.2, 0.25) is 0 Å². The van der Waals surface area contributed by atoms with Crippen molar-refractivity contribution < 1.29 is 21.4 Å². The lowest BCUT2D eigenvalue weighted by Gasteiger charge is -2.08. The number of rotatable bonds is 5. The maximum Gasteiger partial charge on any atom is 0.294 e. The van der Waals surface area contributed by atoms with Crippen LogP contribution in [0.15, 0.2) is 64.9 Å². The highest BCUT2D eigenvalue weighted by Gasteiger charge is 2.15. The second-order valence-corrected chi connectivity index (χ2v) is 7.48. The molecule has 0 fully saturated rings. The molecule has 0 saturated heterocycles. The fraction of sp³-hybridized carbons (Fsp3) is 0. The molecule has 6 nitrogen and oxygen atoms in total. The van der Waals surface area contributed by atoms with Gasteiger partial charge in [-0.15, -0.1) is 0 Å². The van der Waals surface area contributed by atoms with Gasteiger partial charge >= 0.3 is 0 Å². The highest BCUT2D eigenvalue weighted by atomic mass is 32.2. The molecular formula is C14H13NO5S2. The van der Waals surface area contributed by atoms with Crippen LogP contribution in [0.2, 0.25) is 0 Å². The van der Waals surface area contributed by atoms with Gasteiger partial charge in [-0.2, -0.15) is 8.42 Å². The van der Waals surface area contributed by atoms with E-state index >= 15 is 0 Å². The second-order valence-electron chi connectivity index (χ2n) is 4.38.